The predicted molar refractivity (Wildman–Crippen MR) is 83.4 cm³/mol. The fourth-order valence-corrected chi connectivity index (χ4v) is 2.92. The van der Waals surface area contributed by atoms with E-state index in [-0.39, 0.29) is 24.3 Å². The predicted octanol–water partition coefficient (Wildman–Crippen LogP) is 2.96. The van der Waals surface area contributed by atoms with Crippen LogP contribution in [0.2, 0.25) is 0 Å². The van der Waals surface area contributed by atoms with Crippen LogP contribution in [0.3, 0.4) is 0 Å². The number of nitro groups is 1. The smallest absolute Gasteiger partial charge is 0.423 e. The number of carboxylic acids is 1. The molecule has 10 heteroatoms. The molecular formula is C15H18F3N3O4. The van der Waals surface area contributed by atoms with Crippen LogP contribution in [0.5, 0.6) is 0 Å². The van der Waals surface area contributed by atoms with Crippen molar-refractivity contribution < 1.29 is 28.0 Å². The van der Waals surface area contributed by atoms with Crippen molar-refractivity contribution in [2.45, 2.75) is 38.0 Å². The van der Waals surface area contributed by atoms with E-state index in [1.54, 1.807) is 4.90 Å². The second kappa shape index (κ2) is 7.26. The summed E-state index contributed by atoms with van der Waals surface area (Å²) in [4.78, 5) is 22.3. The van der Waals surface area contributed by atoms with Crippen LogP contribution >= 0.6 is 0 Å². The van der Waals surface area contributed by atoms with Crippen molar-refractivity contribution in [1.82, 2.24) is 4.90 Å². The summed E-state index contributed by atoms with van der Waals surface area (Å²) >= 11 is 0. The van der Waals surface area contributed by atoms with Gasteiger partial charge in [0.05, 0.1) is 11.5 Å². The number of nitro benzene ring substituents is 1. The van der Waals surface area contributed by atoms with Crippen molar-refractivity contribution in [2.24, 2.45) is 0 Å². The number of nitrogens with zero attached hydrogens (tertiary/aromatic N) is 2. The first-order valence-electron chi connectivity index (χ1n) is 7.69. The number of rotatable bonds is 7. The summed E-state index contributed by atoms with van der Waals surface area (Å²) in [6.45, 7) is 2.33. The fourth-order valence-electron chi connectivity index (χ4n) is 2.92. The van der Waals surface area contributed by atoms with Crippen molar-refractivity contribution in [3.63, 3.8) is 0 Å². The van der Waals surface area contributed by atoms with E-state index in [0.29, 0.717) is 19.4 Å². The van der Waals surface area contributed by atoms with Gasteiger partial charge in [-0.25, -0.2) is 0 Å². The first-order chi connectivity index (χ1) is 11.6. The second-order valence-electron chi connectivity index (χ2n) is 5.91. The molecule has 0 aromatic heterocycles. The Kier molecular flexibility index (Phi) is 5.51. The highest BCUT2D eigenvalue weighted by Crippen LogP contribution is 2.38. The number of benzene rings is 1. The summed E-state index contributed by atoms with van der Waals surface area (Å²) in [6, 6.07) is 2.77. The Balaban J connectivity index is 2.03. The van der Waals surface area contributed by atoms with Gasteiger partial charge in [0.25, 0.3) is 5.69 Å². The number of hydrogen-bond acceptors (Lipinski definition) is 5. The van der Waals surface area contributed by atoms with Gasteiger partial charge in [-0.05, 0) is 31.5 Å². The summed E-state index contributed by atoms with van der Waals surface area (Å²) in [5, 5.41) is 22.5. The molecule has 1 aromatic carbocycles. The summed E-state index contributed by atoms with van der Waals surface area (Å²) in [6.07, 6.45) is -3.62. The average molecular weight is 361 g/mol. The Hall–Kier alpha value is -2.36. The quantitative estimate of drug-likeness (QED) is 0.573. The van der Waals surface area contributed by atoms with Crippen LogP contribution in [-0.2, 0) is 11.0 Å². The van der Waals surface area contributed by atoms with Gasteiger partial charge in [-0.1, -0.05) is 6.92 Å². The van der Waals surface area contributed by atoms with Gasteiger partial charge in [-0.2, -0.15) is 13.2 Å². The monoisotopic (exact) mass is 361 g/mol. The van der Waals surface area contributed by atoms with Crippen LogP contribution in [0.15, 0.2) is 18.2 Å². The first-order valence-corrected chi connectivity index (χ1v) is 7.69. The molecule has 0 aliphatic heterocycles. The Morgan fingerprint density at radius 2 is 2.08 bits per heavy atom. The number of carbonyl (C=O) groups is 1. The number of anilines is 1. The van der Waals surface area contributed by atoms with Crippen molar-refractivity contribution in [3.8, 4) is 0 Å². The molecule has 0 saturated heterocycles. The van der Waals surface area contributed by atoms with Crippen LogP contribution in [0, 0.1) is 10.1 Å². The van der Waals surface area contributed by atoms with E-state index in [2.05, 4.69) is 5.32 Å². The minimum atomic E-state index is -4.82. The van der Waals surface area contributed by atoms with Gasteiger partial charge in [-0.3, -0.25) is 19.8 Å². The molecule has 0 radical (unpaired) electrons. The first kappa shape index (κ1) is 19.0. The molecule has 0 amide bonds. The van der Waals surface area contributed by atoms with Crippen LogP contribution < -0.4 is 5.32 Å². The number of hydrogen-bond donors (Lipinski definition) is 2. The lowest BCUT2D eigenvalue weighted by atomic mass is 9.85. The zero-order valence-electron chi connectivity index (χ0n) is 13.4. The highest BCUT2D eigenvalue weighted by molar-refractivity contribution is 5.69. The van der Waals surface area contributed by atoms with E-state index in [1.807, 2.05) is 6.92 Å². The molecule has 0 unspecified atom stereocenters. The normalized spacial score (nSPS) is 20.2. The van der Waals surface area contributed by atoms with Crippen molar-refractivity contribution in [1.29, 1.82) is 0 Å². The molecule has 25 heavy (non-hydrogen) atoms. The molecule has 0 heterocycles. The SMILES string of the molecule is CCN(CC(=O)O)C1CC(Nc2ccc([N+](=O)[O-])c(C(F)(F)F)c2)C1. The van der Waals surface area contributed by atoms with Crippen molar-refractivity contribution >= 4 is 17.3 Å². The summed E-state index contributed by atoms with van der Waals surface area (Å²) < 4.78 is 38.9. The largest absolute Gasteiger partial charge is 0.480 e. The van der Waals surface area contributed by atoms with Gasteiger partial charge >= 0.3 is 12.1 Å². The highest BCUT2D eigenvalue weighted by Gasteiger charge is 2.39. The minimum absolute atomic E-state index is 0.0544. The second-order valence-corrected chi connectivity index (χ2v) is 5.91. The zero-order valence-corrected chi connectivity index (χ0v) is 13.4. The maximum atomic E-state index is 13.0. The maximum absolute atomic E-state index is 13.0. The maximum Gasteiger partial charge on any atom is 0.423 e. The molecule has 2 N–H and O–H groups in total. The van der Waals surface area contributed by atoms with Gasteiger partial charge in [-0.15, -0.1) is 0 Å². The van der Waals surface area contributed by atoms with Crippen LogP contribution in [-0.4, -0.2) is 46.1 Å². The highest BCUT2D eigenvalue weighted by atomic mass is 19.4. The number of carboxylic acid groups (broad SMARTS) is 1. The van der Waals surface area contributed by atoms with E-state index in [4.69, 9.17) is 5.11 Å². The fraction of sp³-hybridized carbons (Fsp3) is 0.533. The molecule has 1 aromatic rings. The summed E-state index contributed by atoms with van der Waals surface area (Å²) in [7, 11) is 0. The molecule has 1 aliphatic carbocycles. The van der Waals surface area contributed by atoms with E-state index >= 15 is 0 Å². The van der Waals surface area contributed by atoms with Gasteiger partial charge < -0.3 is 10.4 Å². The number of aliphatic carboxylic acids is 1. The van der Waals surface area contributed by atoms with E-state index in [0.717, 1.165) is 12.1 Å². The van der Waals surface area contributed by atoms with E-state index in [1.165, 1.54) is 6.07 Å². The summed E-state index contributed by atoms with van der Waals surface area (Å²) in [5.74, 6) is -0.927. The Morgan fingerprint density at radius 1 is 1.44 bits per heavy atom. The molecule has 2 rings (SSSR count). The van der Waals surface area contributed by atoms with E-state index < -0.39 is 28.3 Å². The number of nitrogens with one attached hydrogen (secondary N) is 1. The third-order valence-electron chi connectivity index (χ3n) is 4.24. The number of alkyl halides is 3. The van der Waals surface area contributed by atoms with Gasteiger partial charge in [0, 0.05) is 23.8 Å². The number of likely N-dealkylation sites (N-methyl/N-ethyl adjacent to an activating group) is 1. The number of halogens is 3. The third kappa shape index (κ3) is 4.59. The molecule has 1 aliphatic rings. The lowest BCUT2D eigenvalue weighted by molar-refractivity contribution is -0.388. The molecule has 1 fully saturated rings. The Morgan fingerprint density at radius 3 is 2.56 bits per heavy atom. The molecule has 7 nitrogen and oxygen atoms in total. The topological polar surface area (TPSA) is 95.7 Å². The Bertz CT molecular complexity index is 660. The lowest BCUT2D eigenvalue weighted by Gasteiger charge is -2.42. The van der Waals surface area contributed by atoms with Gasteiger partial charge in [0.1, 0.15) is 5.56 Å². The van der Waals surface area contributed by atoms with Gasteiger partial charge in [0.15, 0.2) is 0 Å². The average Bonchev–Trinajstić information content (AvgIpc) is 2.47. The van der Waals surface area contributed by atoms with Crippen LogP contribution in [0.1, 0.15) is 25.3 Å². The van der Waals surface area contributed by atoms with Crippen LogP contribution in [0.4, 0.5) is 24.5 Å². The molecular weight excluding hydrogens is 343 g/mol. The van der Waals surface area contributed by atoms with Gasteiger partial charge in [0.2, 0.25) is 0 Å². The standard InChI is InChI=1S/C15H18F3N3O4/c1-2-20(8-14(22)23)11-5-10(6-11)19-9-3-4-13(21(24)25)12(7-9)15(16,17)18/h3-4,7,10-11,19H,2,5-6,8H2,1H3,(H,22,23). The molecule has 138 valence electrons. The molecule has 0 spiro atoms. The third-order valence-corrected chi connectivity index (χ3v) is 4.24. The van der Waals surface area contributed by atoms with E-state index in [9.17, 15) is 28.1 Å². The molecule has 1 saturated carbocycles. The minimum Gasteiger partial charge on any atom is -0.480 e. The van der Waals surface area contributed by atoms with Crippen molar-refractivity contribution in [2.75, 3.05) is 18.4 Å². The lowest BCUT2D eigenvalue weighted by Crippen LogP contribution is -2.51. The van der Waals surface area contributed by atoms with Crippen molar-refractivity contribution in [3.05, 3.63) is 33.9 Å². The molecule has 0 atom stereocenters. The molecule has 0 bridgehead atoms. The summed E-state index contributed by atoms with van der Waals surface area (Å²) in [5.41, 5.74) is -2.12. The van der Waals surface area contributed by atoms with Crippen LogP contribution in [0.25, 0.3) is 0 Å². The zero-order chi connectivity index (χ0) is 18.8. The Labute approximate surface area is 141 Å².